The molecule has 3 heteroatoms. The first-order valence-electron chi connectivity index (χ1n) is 6.60. The second kappa shape index (κ2) is 5.53. The van der Waals surface area contributed by atoms with Gasteiger partial charge in [-0.25, -0.2) is 0 Å². The van der Waals surface area contributed by atoms with Gasteiger partial charge < -0.3 is 10.2 Å². The van der Waals surface area contributed by atoms with Gasteiger partial charge in [-0.05, 0) is 37.9 Å². The number of likely N-dealkylation sites (N-methyl/N-ethyl adjacent to an activating group) is 1. The molecule has 1 fully saturated rings. The molecule has 1 atom stereocenters. The largest absolute Gasteiger partial charge is 0.341 e. The number of rotatable bonds is 3. The van der Waals surface area contributed by atoms with Gasteiger partial charge in [0.15, 0.2) is 0 Å². The molecule has 1 unspecified atom stereocenters. The number of nitrogens with one attached hydrogen (secondary N) is 1. The van der Waals surface area contributed by atoms with Crippen LogP contribution >= 0.6 is 0 Å². The fourth-order valence-corrected chi connectivity index (χ4v) is 2.45. The smallest absolute Gasteiger partial charge is 0.227 e. The van der Waals surface area contributed by atoms with Gasteiger partial charge in [-0.1, -0.05) is 23.8 Å². The average Bonchev–Trinajstić information content (AvgIpc) is 2.86. The number of aryl methyl sites for hydroxylation is 2. The number of carbonyl (C=O) groups excluding carboxylic acids is 1. The molecule has 2 rings (SSSR count). The van der Waals surface area contributed by atoms with Crippen LogP contribution in [0.3, 0.4) is 0 Å². The molecule has 18 heavy (non-hydrogen) atoms. The first-order valence-corrected chi connectivity index (χ1v) is 6.60. The van der Waals surface area contributed by atoms with Crippen LogP contribution in [-0.2, 0) is 11.2 Å². The van der Waals surface area contributed by atoms with Gasteiger partial charge in [0.25, 0.3) is 0 Å². The van der Waals surface area contributed by atoms with E-state index < -0.39 is 0 Å². The Hall–Kier alpha value is -1.35. The Bertz CT molecular complexity index is 436. The average molecular weight is 246 g/mol. The Morgan fingerprint density at radius 1 is 1.44 bits per heavy atom. The van der Waals surface area contributed by atoms with E-state index in [2.05, 4.69) is 37.4 Å². The maximum atomic E-state index is 12.3. The van der Waals surface area contributed by atoms with Gasteiger partial charge in [-0.2, -0.15) is 0 Å². The highest BCUT2D eigenvalue weighted by Crippen LogP contribution is 2.14. The van der Waals surface area contributed by atoms with Crippen molar-refractivity contribution in [3.8, 4) is 0 Å². The van der Waals surface area contributed by atoms with Crippen molar-refractivity contribution in [2.45, 2.75) is 32.7 Å². The van der Waals surface area contributed by atoms with Crippen LogP contribution in [-0.4, -0.2) is 37.0 Å². The van der Waals surface area contributed by atoms with Crippen LogP contribution < -0.4 is 5.32 Å². The van der Waals surface area contributed by atoms with Gasteiger partial charge in [0.2, 0.25) is 5.91 Å². The normalized spacial score (nSPS) is 18.9. The molecule has 1 N–H and O–H groups in total. The van der Waals surface area contributed by atoms with Crippen molar-refractivity contribution in [2.75, 3.05) is 20.1 Å². The van der Waals surface area contributed by atoms with E-state index in [1.165, 1.54) is 11.1 Å². The van der Waals surface area contributed by atoms with E-state index in [4.69, 9.17) is 0 Å². The molecule has 0 bridgehead atoms. The summed E-state index contributed by atoms with van der Waals surface area (Å²) >= 11 is 0. The van der Waals surface area contributed by atoms with Gasteiger partial charge in [-0.3, -0.25) is 4.79 Å². The fraction of sp³-hybridized carbons (Fsp3) is 0.533. The molecule has 1 aliphatic rings. The summed E-state index contributed by atoms with van der Waals surface area (Å²) in [5.41, 5.74) is 3.57. The molecular formula is C15H22N2O. The highest BCUT2D eigenvalue weighted by Gasteiger charge is 2.23. The molecule has 1 aliphatic heterocycles. The molecule has 0 saturated carbocycles. The lowest BCUT2D eigenvalue weighted by molar-refractivity contribution is -0.130. The first-order chi connectivity index (χ1) is 8.58. The first kappa shape index (κ1) is 13.1. The van der Waals surface area contributed by atoms with E-state index in [-0.39, 0.29) is 5.91 Å². The molecule has 98 valence electrons. The van der Waals surface area contributed by atoms with Crippen molar-refractivity contribution in [3.05, 3.63) is 34.9 Å². The van der Waals surface area contributed by atoms with E-state index >= 15 is 0 Å². The molecule has 1 aromatic rings. The zero-order valence-electron chi connectivity index (χ0n) is 11.5. The molecular weight excluding hydrogens is 224 g/mol. The summed E-state index contributed by atoms with van der Waals surface area (Å²) in [5.74, 6) is 0.220. The van der Waals surface area contributed by atoms with Crippen LogP contribution in [0, 0.1) is 13.8 Å². The second-order valence-corrected chi connectivity index (χ2v) is 5.26. The quantitative estimate of drug-likeness (QED) is 0.880. The maximum Gasteiger partial charge on any atom is 0.227 e. The maximum absolute atomic E-state index is 12.3. The molecule has 1 saturated heterocycles. The lowest BCUT2D eigenvalue weighted by Crippen LogP contribution is -2.39. The molecule has 1 heterocycles. The van der Waals surface area contributed by atoms with Crippen LogP contribution in [0.25, 0.3) is 0 Å². The van der Waals surface area contributed by atoms with Crippen molar-refractivity contribution >= 4 is 5.91 Å². The Balaban J connectivity index is 2.03. The minimum Gasteiger partial charge on any atom is -0.341 e. The molecule has 0 spiro atoms. The topological polar surface area (TPSA) is 32.3 Å². The number of hydrogen-bond donors (Lipinski definition) is 1. The van der Waals surface area contributed by atoms with Crippen molar-refractivity contribution in [2.24, 2.45) is 0 Å². The van der Waals surface area contributed by atoms with Crippen LogP contribution in [0.1, 0.15) is 23.1 Å². The molecule has 3 nitrogen and oxygen atoms in total. The predicted molar refractivity (Wildman–Crippen MR) is 73.7 cm³/mol. The number of nitrogens with zero attached hydrogens (tertiary/aromatic N) is 1. The van der Waals surface area contributed by atoms with Crippen molar-refractivity contribution in [1.82, 2.24) is 10.2 Å². The molecule has 1 aromatic carbocycles. The van der Waals surface area contributed by atoms with E-state index in [1.54, 1.807) is 0 Å². The highest BCUT2D eigenvalue weighted by molar-refractivity contribution is 5.79. The third kappa shape index (κ3) is 2.91. The summed E-state index contributed by atoms with van der Waals surface area (Å²) in [6.07, 6.45) is 1.58. The Morgan fingerprint density at radius 3 is 2.89 bits per heavy atom. The number of hydrogen-bond acceptors (Lipinski definition) is 2. The monoisotopic (exact) mass is 246 g/mol. The number of amides is 1. The SMILES string of the molecule is Cc1ccc(C)c(CC(=O)N(C)C2CCNC2)c1. The Kier molecular flexibility index (Phi) is 4.02. The lowest BCUT2D eigenvalue weighted by atomic mass is 10.0. The van der Waals surface area contributed by atoms with E-state index in [0.29, 0.717) is 12.5 Å². The van der Waals surface area contributed by atoms with Gasteiger partial charge in [0.05, 0.1) is 6.42 Å². The summed E-state index contributed by atoms with van der Waals surface area (Å²) in [5, 5.41) is 3.30. The minimum atomic E-state index is 0.220. The van der Waals surface area contributed by atoms with Gasteiger partial charge in [-0.15, -0.1) is 0 Å². The van der Waals surface area contributed by atoms with Crippen molar-refractivity contribution in [1.29, 1.82) is 0 Å². The molecule has 0 aliphatic carbocycles. The van der Waals surface area contributed by atoms with Crippen molar-refractivity contribution in [3.63, 3.8) is 0 Å². The second-order valence-electron chi connectivity index (χ2n) is 5.26. The van der Waals surface area contributed by atoms with E-state index in [1.807, 2.05) is 11.9 Å². The van der Waals surface area contributed by atoms with E-state index in [0.717, 1.165) is 25.1 Å². The van der Waals surface area contributed by atoms with Crippen LogP contribution in [0.15, 0.2) is 18.2 Å². The number of carbonyl (C=O) groups is 1. The van der Waals surface area contributed by atoms with Gasteiger partial charge >= 0.3 is 0 Å². The molecule has 1 amide bonds. The standard InChI is InChI=1S/C15H22N2O/c1-11-4-5-12(2)13(8-11)9-15(18)17(3)14-6-7-16-10-14/h4-5,8,14,16H,6-7,9-10H2,1-3H3. The summed E-state index contributed by atoms with van der Waals surface area (Å²) in [6.45, 7) is 6.08. The van der Waals surface area contributed by atoms with Gasteiger partial charge in [0.1, 0.15) is 0 Å². The summed E-state index contributed by atoms with van der Waals surface area (Å²) in [4.78, 5) is 14.2. The Morgan fingerprint density at radius 2 is 2.22 bits per heavy atom. The highest BCUT2D eigenvalue weighted by atomic mass is 16.2. The third-order valence-electron chi connectivity index (χ3n) is 3.82. The van der Waals surface area contributed by atoms with Crippen LogP contribution in [0.4, 0.5) is 0 Å². The van der Waals surface area contributed by atoms with Crippen LogP contribution in [0.5, 0.6) is 0 Å². The Labute approximate surface area is 109 Å². The fourth-order valence-electron chi connectivity index (χ4n) is 2.45. The van der Waals surface area contributed by atoms with Crippen molar-refractivity contribution < 1.29 is 4.79 Å². The minimum absolute atomic E-state index is 0.220. The summed E-state index contributed by atoms with van der Waals surface area (Å²) in [6, 6.07) is 6.67. The molecule has 0 aromatic heterocycles. The number of benzene rings is 1. The summed E-state index contributed by atoms with van der Waals surface area (Å²) < 4.78 is 0. The predicted octanol–water partition coefficient (Wildman–Crippen LogP) is 1.67. The van der Waals surface area contributed by atoms with E-state index in [9.17, 15) is 4.79 Å². The lowest BCUT2D eigenvalue weighted by Gasteiger charge is -2.24. The third-order valence-corrected chi connectivity index (χ3v) is 3.82. The zero-order chi connectivity index (χ0) is 13.1. The van der Waals surface area contributed by atoms with Gasteiger partial charge in [0, 0.05) is 19.6 Å². The summed E-state index contributed by atoms with van der Waals surface area (Å²) in [7, 11) is 1.92. The zero-order valence-corrected chi connectivity index (χ0v) is 11.5. The van der Waals surface area contributed by atoms with Crippen LogP contribution in [0.2, 0.25) is 0 Å². The molecule has 0 radical (unpaired) electrons.